The Morgan fingerprint density at radius 2 is 1.63 bits per heavy atom. The molecule has 0 heterocycles. The van der Waals surface area contributed by atoms with Gasteiger partial charge in [0, 0.05) is 0 Å². The van der Waals surface area contributed by atoms with Crippen LogP contribution in [0.2, 0.25) is 0 Å². The number of benzene rings is 1. The van der Waals surface area contributed by atoms with E-state index in [2.05, 4.69) is 50.4 Å². The largest absolute Gasteiger partial charge is 0.348 e. The minimum Gasteiger partial charge on any atom is -0.348 e. The van der Waals surface area contributed by atoms with Crippen LogP contribution in [-0.4, -0.2) is 11.9 Å². The zero-order chi connectivity index (χ0) is 13.9. The van der Waals surface area contributed by atoms with Gasteiger partial charge in [0.1, 0.15) is 0 Å². The molecule has 0 saturated carbocycles. The molecule has 19 heavy (non-hydrogen) atoms. The van der Waals surface area contributed by atoms with Crippen LogP contribution in [0, 0.1) is 0 Å². The first kappa shape index (κ1) is 17.9. The minimum absolute atomic E-state index is 0. The molecule has 3 N–H and O–H groups in total. The maximum absolute atomic E-state index is 11.5. The molecule has 1 aromatic rings. The maximum Gasteiger partial charge on any atom is 0.237 e. The van der Waals surface area contributed by atoms with Gasteiger partial charge in [-0.25, -0.2) is 0 Å². The van der Waals surface area contributed by atoms with Gasteiger partial charge in [0.05, 0.1) is 12.1 Å². The second-order valence-electron chi connectivity index (χ2n) is 5.89. The number of rotatable bonds is 3. The van der Waals surface area contributed by atoms with Gasteiger partial charge in [-0.1, -0.05) is 45.0 Å². The summed E-state index contributed by atoms with van der Waals surface area (Å²) in [6, 6.07) is 7.87. The summed E-state index contributed by atoms with van der Waals surface area (Å²) in [4.78, 5) is 11.5. The van der Waals surface area contributed by atoms with Crippen molar-refractivity contribution in [1.82, 2.24) is 5.32 Å². The predicted molar refractivity (Wildman–Crippen MR) is 82.6 cm³/mol. The lowest BCUT2D eigenvalue weighted by molar-refractivity contribution is -0.122. The first-order chi connectivity index (χ1) is 8.21. The molecule has 0 aliphatic rings. The van der Waals surface area contributed by atoms with Crippen molar-refractivity contribution in [2.24, 2.45) is 5.73 Å². The van der Waals surface area contributed by atoms with Crippen LogP contribution in [0.15, 0.2) is 24.3 Å². The lowest BCUT2D eigenvalue weighted by Crippen LogP contribution is -2.39. The van der Waals surface area contributed by atoms with Gasteiger partial charge in [0.2, 0.25) is 5.91 Å². The molecule has 0 spiro atoms. The quantitative estimate of drug-likeness (QED) is 0.897. The molecule has 0 bridgehead atoms. The summed E-state index contributed by atoms with van der Waals surface area (Å²) in [6.45, 7) is 10.2. The number of hydrogen-bond acceptors (Lipinski definition) is 2. The van der Waals surface area contributed by atoms with Crippen molar-refractivity contribution in [2.45, 2.75) is 52.1 Å². The van der Waals surface area contributed by atoms with E-state index in [1.807, 2.05) is 6.92 Å². The highest BCUT2D eigenvalue weighted by Gasteiger charge is 2.15. The van der Waals surface area contributed by atoms with Gasteiger partial charge in [-0.05, 0) is 30.4 Å². The molecule has 3 nitrogen and oxygen atoms in total. The third-order valence-electron chi connectivity index (χ3n) is 3.05. The van der Waals surface area contributed by atoms with Crippen molar-refractivity contribution in [3.8, 4) is 0 Å². The molecule has 0 aliphatic carbocycles. The monoisotopic (exact) mass is 284 g/mol. The van der Waals surface area contributed by atoms with E-state index in [1.165, 1.54) is 5.56 Å². The fourth-order valence-electron chi connectivity index (χ4n) is 1.70. The van der Waals surface area contributed by atoms with E-state index >= 15 is 0 Å². The Hall–Kier alpha value is -1.06. The highest BCUT2D eigenvalue weighted by molar-refractivity contribution is 5.85. The standard InChI is InChI=1S/C15H24N2O.ClH/c1-10(16)14(18)17-11(2)12-6-8-13(9-7-12)15(3,4)5;/h6-11H,16H2,1-5H3,(H,17,18);1H/t10-,11?;/m0./s1. The van der Waals surface area contributed by atoms with Crippen LogP contribution in [-0.2, 0) is 10.2 Å². The summed E-state index contributed by atoms with van der Waals surface area (Å²) in [5.74, 6) is -0.123. The molecule has 0 saturated heterocycles. The van der Waals surface area contributed by atoms with E-state index < -0.39 is 6.04 Å². The van der Waals surface area contributed by atoms with Crippen LogP contribution >= 0.6 is 12.4 Å². The molecule has 108 valence electrons. The van der Waals surface area contributed by atoms with Crippen LogP contribution in [0.1, 0.15) is 51.8 Å². The lowest BCUT2D eigenvalue weighted by Gasteiger charge is -2.21. The first-order valence-corrected chi connectivity index (χ1v) is 6.38. The van der Waals surface area contributed by atoms with E-state index in [-0.39, 0.29) is 29.8 Å². The predicted octanol–water partition coefficient (Wildman–Crippen LogP) is 2.93. The van der Waals surface area contributed by atoms with Crippen molar-refractivity contribution >= 4 is 18.3 Å². The zero-order valence-corrected chi connectivity index (χ0v) is 13.2. The number of nitrogens with two attached hydrogens (primary N) is 1. The average Bonchev–Trinajstić information content (AvgIpc) is 2.27. The Kier molecular flexibility index (Phi) is 6.53. The van der Waals surface area contributed by atoms with Gasteiger partial charge in [0.15, 0.2) is 0 Å². The van der Waals surface area contributed by atoms with Crippen molar-refractivity contribution < 1.29 is 4.79 Å². The fourth-order valence-corrected chi connectivity index (χ4v) is 1.70. The molecular formula is C15H25ClN2O. The molecule has 1 aromatic carbocycles. The smallest absolute Gasteiger partial charge is 0.237 e. The highest BCUT2D eigenvalue weighted by atomic mass is 35.5. The third kappa shape index (κ3) is 5.21. The Labute approximate surface area is 122 Å². The summed E-state index contributed by atoms with van der Waals surface area (Å²) in [6.07, 6.45) is 0. The second-order valence-corrected chi connectivity index (χ2v) is 5.89. The minimum atomic E-state index is -0.471. The molecule has 0 aliphatic heterocycles. The molecule has 0 radical (unpaired) electrons. The SMILES string of the molecule is CC(NC(=O)[C@H](C)N)c1ccc(C(C)(C)C)cc1.Cl. The number of carbonyl (C=O) groups excluding carboxylic acids is 1. The molecule has 1 amide bonds. The fraction of sp³-hybridized carbons (Fsp3) is 0.533. The van der Waals surface area contributed by atoms with Crippen molar-refractivity contribution in [1.29, 1.82) is 0 Å². The van der Waals surface area contributed by atoms with Gasteiger partial charge in [-0.3, -0.25) is 4.79 Å². The number of hydrogen-bond donors (Lipinski definition) is 2. The van der Waals surface area contributed by atoms with E-state index in [0.29, 0.717) is 0 Å². The Morgan fingerprint density at radius 3 is 2.00 bits per heavy atom. The molecule has 2 atom stereocenters. The van der Waals surface area contributed by atoms with Crippen LogP contribution in [0.3, 0.4) is 0 Å². The average molecular weight is 285 g/mol. The van der Waals surface area contributed by atoms with Crippen LogP contribution in [0.5, 0.6) is 0 Å². The second kappa shape index (κ2) is 6.92. The maximum atomic E-state index is 11.5. The first-order valence-electron chi connectivity index (χ1n) is 6.38. The van der Waals surface area contributed by atoms with Crippen molar-refractivity contribution in [3.63, 3.8) is 0 Å². The van der Waals surface area contributed by atoms with Crippen molar-refractivity contribution in [3.05, 3.63) is 35.4 Å². The van der Waals surface area contributed by atoms with Gasteiger partial charge in [-0.15, -0.1) is 12.4 Å². The molecule has 4 heteroatoms. The van der Waals surface area contributed by atoms with Gasteiger partial charge in [0.25, 0.3) is 0 Å². The van der Waals surface area contributed by atoms with E-state index in [0.717, 1.165) is 5.56 Å². The molecular weight excluding hydrogens is 260 g/mol. The van der Waals surface area contributed by atoms with Gasteiger partial charge < -0.3 is 11.1 Å². The van der Waals surface area contributed by atoms with E-state index in [9.17, 15) is 4.79 Å². The highest BCUT2D eigenvalue weighted by Crippen LogP contribution is 2.23. The van der Waals surface area contributed by atoms with Gasteiger partial charge in [-0.2, -0.15) is 0 Å². The topological polar surface area (TPSA) is 55.1 Å². The Bertz CT molecular complexity index is 407. The van der Waals surface area contributed by atoms with Crippen molar-refractivity contribution in [2.75, 3.05) is 0 Å². The van der Waals surface area contributed by atoms with Crippen LogP contribution in [0.25, 0.3) is 0 Å². The summed E-state index contributed by atoms with van der Waals surface area (Å²) < 4.78 is 0. The lowest BCUT2D eigenvalue weighted by atomic mass is 9.86. The molecule has 1 rings (SSSR count). The molecule has 0 aromatic heterocycles. The van der Waals surface area contributed by atoms with E-state index in [1.54, 1.807) is 6.92 Å². The third-order valence-corrected chi connectivity index (χ3v) is 3.05. The molecule has 0 fully saturated rings. The Morgan fingerprint density at radius 1 is 1.16 bits per heavy atom. The van der Waals surface area contributed by atoms with Gasteiger partial charge >= 0.3 is 0 Å². The number of carbonyl (C=O) groups is 1. The summed E-state index contributed by atoms with van der Waals surface area (Å²) >= 11 is 0. The Balaban J connectivity index is 0.00000324. The van der Waals surface area contributed by atoms with Crippen LogP contribution in [0.4, 0.5) is 0 Å². The summed E-state index contributed by atoms with van der Waals surface area (Å²) in [5, 5.41) is 2.89. The summed E-state index contributed by atoms with van der Waals surface area (Å²) in [7, 11) is 0. The number of amides is 1. The van der Waals surface area contributed by atoms with E-state index in [4.69, 9.17) is 5.73 Å². The summed E-state index contributed by atoms with van der Waals surface area (Å²) in [5.41, 5.74) is 8.06. The number of nitrogens with one attached hydrogen (secondary N) is 1. The van der Waals surface area contributed by atoms with Crippen LogP contribution < -0.4 is 11.1 Å². The normalized spacial score (nSPS) is 14.2. The molecule has 1 unspecified atom stereocenters. The number of halogens is 1. The zero-order valence-electron chi connectivity index (χ0n) is 12.4.